The lowest BCUT2D eigenvalue weighted by Gasteiger charge is -2.25. The van der Waals surface area contributed by atoms with Gasteiger partial charge in [0.2, 0.25) is 12.6 Å². The minimum Gasteiger partial charge on any atom is -0.434 e. The first-order valence-electron chi connectivity index (χ1n) is 12.7. The van der Waals surface area contributed by atoms with Crippen LogP contribution in [0.15, 0.2) is 12.7 Å². The first-order valence-corrected chi connectivity index (χ1v) is 14.4. The van der Waals surface area contributed by atoms with Crippen molar-refractivity contribution in [1.29, 1.82) is 0 Å². The summed E-state index contributed by atoms with van der Waals surface area (Å²) in [4.78, 5) is 35.7. The Hall–Kier alpha value is -3.00. The molecule has 0 aliphatic heterocycles. The Morgan fingerprint density at radius 3 is 2.00 bits per heavy atom. The highest BCUT2D eigenvalue weighted by atomic mass is 31.2. The number of ether oxygens (including phenoxy) is 5. The van der Waals surface area contributed by atoms with Crippen LogP contribution in [0.1, 0.15) is 61.3 Å². The van der Waals surface area contributed by atoms with Crippen LogP contribution in [0.3, 0.4) is 0 Å². The molecule has 2 unspecified atom stereocenters. The summed E-state index contributed by atoms with van der Waals surface area (Å²) >= 11 is 0. The number of fused-ring (bicyclic) bond motifs is 1. The Labute approximate surface area is 228 Å². The van der Waals surface area contributed by atoms with Crippen molar-refractivity contribution >= 4 is 36.9 Å². The summed E-state index contributed by atoms with van der Waals surface area (Å²) in [6.45, 7) is 12.5. The third-order valence-corrected chi connectivity index (χ3v) is 6.09. The Balaban J connectivity index is 0.00000371. The van der Waals surface area contributed by atoms with Crippen LogP contribution in [0.4, 0.5) is 15.4 Å². The molecule has 3 atom stereocenters. The Morgan fingerprint density at radius 2 is 1.49 bits per heavy atom. The average molecular weight is 578 g/mol. The fourth-order valence-electron chi connectivity index (χ4n) is 2.87. The van der Waals surface area contributed by atoms with Crippen molar-refractivity contribution in [2.24, 2.45) is 0 Å². The Bertz CT molecular complexity index is 1040. The van der Waals surface area contributed by atoms with E-state index in [4.69, 9.17) is 38.5 Å². The average Bonchev–Trinajstić information content (AvgIpc) is 3.29. The van der Waals surface area contributed by atoms with E-state index in [1.807, 2.05) is 27.7 Å². The van der Waals surface area contributed by atoms with Gasteiger partial charge < -0.3 is 34.0 Å². The van der Waals surface area contributed by atoms with Gasteiger partial charge in [0.25, 0.3) is 0 Å². The van der Waals surface area contributed by atoms with E-state index in [9.17, 15) is 14.2 Å². The van der Waals surface area contributed by atoms with Crippen LogP contribution >= 0.6 is 7.60 Å². The van der Waals surface area contributed by atoms with Gasteiger partial charge in [-0.2, -0.15) is 0 Å². The predicted octanol–water partition coefficient (Wildman–Crippen LogP) is 4.84. The summed E-state index contributed by atoms with van der Waals surface area (Å²) < 4.78 is 51.3. The molecule has 2 N–H and O–H groups in total. The number of nitrogens with two attached hydrogens (primary N) is 1. The number of rotatable bonds is 15. The second-order valence-corrected chi connectivity index (χ2v) is 9.73. The number of anilines is 1. The lowest BCUT2D eigenvalue weighted by molar-refractivity contribution is -0.0912. The van der Waals surface area contributed by atoms with E-state index < -0.39 is 44.9 Å². The molecule has 2 heterocycles. The van der Waals surface area contributed by atoms with E-state index in [-0.39, 0.29) is 25.6 Å². The fraction of sp³-hybridized carbons (Fsp3) is 0.696. The van der Waals surface area contributed by atoms with Crippen molar-refractivity contribution in [3.8, 4) is 0 Å². The van der Waals surface area contributed by atoms with Crippen LogP contribution < -0.4 is 5.73 Å². The quantitative estimate of drug-likeness (QED) is 0.172. The molecular formula is C23H40N5O10P. The molecule has 2 rings (SSSR count). The van der Waals surface area contributed by atoms with Crippen LogP contribution in [-0.2, 0) is 43.8 Å². The molecule has 15 nitrogen and oxygen atoms in total. The Morgan fingerprint density at radius 1 is 0.949 bits per heavy atom. The predicted molar refractivity (Wildman–Crippen MR) is 141 cm³/mol. The molecule has 0 aliphatic carbocycles. The van der Waals surface area contributed by atoms with Crippen molar-refractivity contribution in [3.63, 3.8) is 0 Å². The second kappa shape index (κ2) is 17.6. The third-order valence-electron chi connectivity index (χ3n) is 4.39. The van der Waals surface area contributed by atoms with Gasteiger partial charge in [0.1, 0.15) is 18.2 Å². The zero-order chi connectivity index (χ0) is 29.4. The summed E-state index contributed by atoms with van der Waals surface area (Å²) in [5.74, 6) is 0.238. The molecule has 0 aromatic carbocycles. The number of hydrogen-bond donors (Lipinski definition) is 1. The second-order valence-electron chi connectivity index (χ2n) is 7.82. The van der Waals surface area contributed by atoms with Crippen LogP contribution in [0.2, 0.25) is 0 Å². The van der Waals surface area contributed by atoms with E-state index in [0.717, 1.165) is 0 Å². The van der Waals surface area contributed by atoms with E-state index >= 15 is 0 Å². The molecule has 2 aromatic heterocycles. The summed E-state index contributed by atoms with van der Waals surface area (Å²) in [6.07, 6.45) is -1.74. The molecule has 222 valence electrons. The van der Waals surface area contributed by atoms with E-state index in [1.165, 1.54) is 26.5 Å². The molecule has 0 amide bonds. The fourth-order valence-corrected chi connectivity index (χ4v) is 4.47. The van der Waals surface area contributed by atoms with Crippen LogP contribution in [-0.4, -0.2) is 70.1 Å². The van der Waals surface area contributed by atoms with E-state index in [2.05, 4.69) is 15.0 Å². The van der Waals surface area contributed by atoms with Crippen molar-refractivity contribution < 1.29 is 46.9 Å². The summed E-state index contributed by atoms with van der Waals surface area (Å²) in [5, 5.41) is 0. The number of imidazole rings is 1. The number of carbonyl (C=O) groups excluding carboxylic acids is 2. The van der Waals surface area contributed by atoms with Crippen LogP contribution in [0.25, 0.3) is 11.2 Å². The monoisotopic (exact) mass is 577 g/mol. The topological polar surface area (TPSA) is 185 Å². The van der Waals surface area contributed by atoms with Gasteiger partial charge in [-0.15, -0.1) is 0 Å². The molecule has 0 aliphatic rings. The first-order chi connectivity index (χ1) is 18.6. The zero-order valence-corrected chi connectivity index (χ0v) is 24.4. The SMILES string of the molecule is CC.CCCOC(=O)OC(C)OP(=O)(CO[C@H](C)Cn1cnc2c(N)ncnc21)OC(C)OC(=O)OCCC. The zero-order valence-electron chi connectivity index (χ0n) is 23.5. The van der Waals surface area contributed by atoms with Crippen molar-refractivity contribution in [2.75, 3.05) is 25.3 Å². The molecule has 0 bridgehead atoms. The van der Waals surface area contributed by atoms with Gasteiger partial charge in [-0.1, -0.05) is 27.7 Å². The van der Waals surface area contributed by atoms with Gasteiger partial charge in [0, 0.05) is 0 Å². The number of nitrogens with zero attached hydrogens (tertiary/aromatic N) is 4. The lowest BCUT2D eigenvalue weighted by atomic mass is 10.4. The molecule has 2 aromatic rings. The molecule has 16 heteroatoms. The highest BCUT2D eigenvalue weighted by Crippen LogP contribution is 2.51. The highest BCUT2D eigenvalue weighted by molar-refractivity contribution is 7.53. The van der Waals surface area contributed by atoms with E-state index in [1.54, 1.807) is 11.5 Å². The van der Waals surface area contributed by atoms with Crippen LogP contribution in [0, 0.1) is 0 Å². The number of nitrogen functional groups attached to an aromatic ring is 1. The van der Waals surface area contributed by atoms with Crippen LogP contribution in [0.5, 0.6) is 0 Å². The summed E-state index contributed by atoms with van der Waals surface area (Å²) in [7, 11) is -4.15. The Kier molecular flexibility index (Phi) is 15.3. The van der Waals surface area contributed by atoms with Gasteiger partial charge in [0.15, 0.2) is 11.5 Å². The molecule has 39 heavy (non-hydrogen) atoms. The molecule has 0 radical (unpaired) electrons. The van der Waals surface area contributed by atoms with Crippen molar-refractivity contribution in [3.05, 3.63) is 12.7 Å². The third kappa shape index (κ3) is 12.2. The van der Waals surface area contributed by atoms with Gasteiger partial charge >= 0.3 is 19.9 Å². The minimum absolute atomic E-state index is 0.143. The molecule has 0 fully saturated rings. The number of carbonyl (C=O) groups is 2. The lowest BCUT2D eigenvalue weighted by Crippen LogP contribution is -2.25. The molecule has 0 saturated carbocycles. The maximum absolute atomic E-state index is 13.5. The summed E-state index contributed by atoms with van der Waals surface area (Å²) in [6, 6.07) is 0. The maximum atomic E-state index is 13.5. The number of hydrogen-bond acceptors (Lipinski definition) is 14. The number of aromatic nitrogens is 4. The van der Waals surface area contributed by atoms with Gasteiger partial charge in [-0.25, -0.2) is 24.5 Å². The summed E-state index contributed by atoms with van der Waals surface area (Å²) in [5.41, 5.74) is 6.75. The molecule has 0 saturated heterocycles. The van der Waals surface area contributed by atoms with Gasteiger partial charge in [-0.3, -0.25) is 13.6 Å². The highest BCUT2D eigenvalue weighted by Gasteiger charge is 2.34. The minimum atomic E-state index is -4.15. The largest absolute Gasteiger partial charge is 0.510 e. The molecular weight excluding hydrogens is 537 g/mol. The van der Waals surface area contributed by atoms with Gasteiger partial charge in [-0.05, 0) is 33.6 Å². The van der Waals surface area contributed by atoms with Crippen molar-refractivity contribution in [1.82, 2.24) is 19.5 Å². The van der Waals surface area contributed by atoms with E-state index in [0.29, 0.717) is 24.0 Å². The standard InChI is InChI=1S/C21H34N5O10P.C2H6/c1-6-8-30-20(27)33-15(4)35-37(29,36-16(5)34-21(28)31-9-7-2)13-32-14(3)10-26-12-25-17-18(22)23-11-24-19(17)26;1-2/h11-12,14-16H,6-10,13H2,1-5H3,(H2,22,23,24);1-2H3/t14-,15?,16?,37?;/m1./s1. The first kappa shape index (κ1) is 34.0. The normalized spacial score (nSPS) is 14.7. The van der Waals surface area contributed by atoms with Gasteiger partial charge in [0.05, 0.1) is 32.2 Å². The van der Waals surface area contributed by atoms with Crippen molar-refractivity contribution in [2.45, 2.75) is 86.5 Å². The maximum Gasteiger partial charge on any atom is 0.510 e. The molecule has 0 spiro atoms. The smallest absolute Gasteiger partial charge is 0.434 e.